The Morgan fingerprint density at radius 1 is 1.28 bits per heavy atom. The molecule has 1 aliphatic heterocycles. The van der Waals surface area contributed by atoms with E-state index in [0.717, 1.165) is 0 Å². The molecule has 2 amide bonds. The Kier molecular flexibility index (Phi) is 3.54. The first-order chi connectivity index (χ1) is 8.49. The Morgan fingerprint density at radius 2 is 1.94 bits per heavy atom. The Balaban J connectivity index is 1.86. The second kappa shape index (κ2) is 4.96. The van der Waals surface area contributed by atoms with Crippen LogP contribution < -0.4 is 5.32 Å². The van der Waals surface area contributed by atoms with Gasteiger partial charge in [0, 0.05) is 19.5 Å². The maximum absolute atomic E-state index is 11.9. The lowest BCUT2D eigenvalue weighted by molar-refractivity contribution is -0.141. The van der Waals surface area contributed by atoms with Gasteiger partial charge in [-0.05, 0) is 25.7 Å². The van der Waals surface area contributed by atoms with Gasteiger partial charge in [-0.3, -0.25) is 14.4 Å². The van der Waals surface area contributed by atoms with E-state index >= 15 is 0 Å². The predicted molar refractivity (Wildman–Crippen MR) is 62.7 cm³/mol. The fourth-order valence-corrected chi connectivity index (χ4v) is 2.69. The van der Waals surface area contributed by atoms with Crippen molar-refractivity contribution < 1.29 is 19.5 Å². The Bertz CT molecular complexity index is 382. The number of carboxylic acid groups (broad SMARTS) is 1. The monoisotopic (exact) mass is 254 g/mol. The van der Waals surface area contributed by atoms with Crippen LogP contribution in [0.4, 0.5) is 0 Å². The molecule has 1 aliphatic carbocycles. The van der Waals surface area contributed by atoms with Crippen molar-refractivity contribution in [2.24, 2.45) is 11.8 Å². The summed E-state index contributed by atoms with van der Waals surface area (Å²) in [4.78, 5) is 36.0. The molecule has 2 aliphatic rings. The number of rotatable bonds is 3. The van der Waals surface area contributed by atoms with E-state index in [9.17, 15) is 14.4 Å². The van der Waals surface area contributed by atoms with E-state index in [4.69, 9.17) is 5.11 Å². The Labute approximate surface area is 105 Å². The summed E-state index contributed by atoms with van der Waals surface area (Å²) in [6.07, 6.45) is 2.17. The molecule has 2 rings (SSSR count). The maximum Gasteiger partial charge on any atom is 0.306 e. The number of amides is 2. The summed E-state index contributed by atoms with van der Waals surface area (Å²) in [6.45, 7) is 0.659. The highest BCUT2D eigenvalue weighted by Gasteiger charge is 2.37. The van der Waals surface area contributed by atoms with Crippen LogP contribution in [0.1, 0.15) is 25.7 Å². The molecule has 1 heterocycles. The highest BCUT2D eigenvalue weighted by atomic mass is 16.4. The van der Waals surface area contributed by atoms with Gasteiger partial charge in [-0.15, -0.1) is 0 Å². The molecule has 0 radical (unpaired) electrons. The van der Waals surface area contributed by atoms with Crippen molar-refractivity contribution in [3.05, 3.63) is 0 Å². The third-order valence-electron chi connectivity index (χ3n) is 3.90. The topological polar surface area (TPSA) is 86.7 Å². The number of nitrogens with one attached hydrogen (secondary N) is 1. The molecule has 18 heavy (non-hydrogen) atoms. The van der Waals surface area contributed by atoms with Gasteiger partial charge in [0.25, 0.3) is 0 Å². The predicted octanol–water partition coefficient (Wildman–Crippen LogP) is -0.166. The average Bonchev–Trinajstić information content (AvgIpc) is 2.91. The molecule has 0 spiro atoms. The minimum absolute atomic E-state index is 0.0591. The number of carbonyl (C=O) groups is 3. The summed E-state index contributed by atoms with van der Waals surface area (Å²) in [5, 5.41) is 11.6. The molecular weight excluding hydrogens is 236 g/mol. The number of hydrogen-bond donors (Lipinski definition) is 2. The largest absolute Gasteiger partial charge is 0.481 e. The molecular formula is C12H18N2O4. The molecule has 100 valence electrons. The van der Waals surface area contributed by atoms with Crippen molar-refractivity contribution in [3.8, 4) is 0 Å². The van der Waals surface area contributed by atoms with Crippen molar-refractivity contribution in [1.82, 2.24) is 10.2 Å². The van der Waals surface area contributed by atoms with Gasteiger partial charge >= 0.3 is 5.97 Å². The van der Waals surface area contributed by atoms with Crippen molar-refractivity contribution in [2.45, 2.75) is 31.7 Å². The van der Waals surface area contributed by atoms with E-state index in [0.29, 0.717) is 32.2 Å². The molecule has 0 aromatic heterocycles. The van der Waals surface area contributed by atoms with Crippen molar-refractivity contribution in [3.63, 3.8) is 0 Å². The third kappa shape index (κ3) is 2.47. The zero-order valence-corrected chi connectivity index (χ0v) is 10.4. The standard InChI is InChI=1S/C12H18N2O4/c1-14-5-4-9(11(14)16)13-10(15)7-2-3-8(6-7)12(17)18/h7-9H,2-6H2,1H3,(H,13,15)(H,17,18). The van der Waals surface area contributed by atoms with Crippen LogP contribution in [0.15, 0.2) is 0 Å². The van der Waals surface area contributed by atoms with Gasteiger partial charge in [0.05, 0.1) is 5.92 Å². The summed E-state index contributed by atoms with van der Waals surface area (Å²) in [5.41, 5.74) is 0. The molecule has 0 bridgehead atoms. The number of carboxylic acids is 1. The normalized spacial score (nSPS) is 31.7. The van der Waals surface area contributed by atoms with E-state index in [1.807, 2.05) is 0 Å². The number of aliphatic carboxylic acids is 1. The first kappa shape index (κ1) is 12.9. The molecule has 6 nitrogen and oxygen atoms in total. The van der Waals surface area contributed by atoms with Crippen LogP contribution in [0.2, 0.25) is 0 Å². The van der Waals surface area contributed by atoms with Crippen molar-refractivity contribution >= 4 is 17.8 Å². The average molecular weight is 254 g/mol. The molecule has 6 heteroatoms. The van der Waals surface area contributed by atoms with Crippen LogP contribution in [0, 0.1) is 11.8 Å². The van der Waals surface area contributed by atoms with Gasteiger partial charge in [0.15, 0.2) is 0 Å². The number of carbonyl (C=O) groups excluding carboxylic acids is 2. The molecule has 0 aromatic rings. The minimum Gasteiger partial charge on any atom is -0.481 e. The van der Waals surface area contributed by atoms with Crippen LogP contribution in [-0.2, 0) is 14.4 Å². The zero-order chi connectivity index (χ0) is 13.3. The molecule has 3 unspecified atom stereocenters. The van der Waals surface area contributed by atoms with Crippen LogP contribution >= 0.6 is 0 Å². The SMILES string of the molecule is CN1CCC(NC(=O)C2CCC(C(=O)O)C2)C1=O. The van der Waals surface area contributed by atoms with Gasteiger partial charge in [-0.1, -0.05) is 0 Å². The maximum atomic E-state index is 11.9. The first-order valence-corrected chi connectivity index (χ1v) is 6.27. The fraction of sp³-hybridized carbons (Fsp3) is 0.750. The lowest BCUT2D eigenvalue weighted by Crippen LogP contribution is -2.43. The van der Waals surface area contributed by atoms with Gasteiger partial charge in [0.1, 0.15) is 6.04 Å². The Hall–Kier alpha value is -1.59. The second-order valence-corrected chi connectivity index (χ2v) is 5.15. The third-order valence-corrected chi connectivity index (χ3v) is 3.90. The molecule has 3 atom stereocenters. The van der Waals surface area contributed by atoms with Crippen LogP contribution in [-0.4, -0.2) is 47.4 Å². The lowest BCUT2D eigenvalue weighted by Gasteiger charge is -2.15. The molecule has 1 saturated heterocycles. The van der Waals surface area contributed by atoms with E-state index in [2.05, 4.69) is 5.32 Å². The van der Waals surface area contributed by atoms with Gasteiger partial charge in [-0.25, -0.2) is 0 Å². The highest BCUT2D eigenvalue weighted by molar-refractivity contribution is 5.90. The highest BCUT2D eigenvalue weighted by Crippen LogP contribution is 2.31. The van der Waals surface area contributed by atoms with E-state index in [1.54, 1.807) is 11.9 Å². The molecule has 1 saturated carbocycles. The number of likely N-dealkylation sites (tertiary alicyclic amines) is 1. The Morgan fingerprint density at radius 3 is 2.44 bits per heavy atom. The van der Waals surface area contributed by atoms with Crippen LogP contribution in [0.3, 0.4) is 0 Å². The van der Waals surface area contributed by atoms with Gasteiger partial charge in [-0.2, -0.15) is 0 Å². The quantitative estimate of drug-likeness (QED) is 0.732. The number of likely N-dealkylation sites (N-methyl/N-ethyl adjacent to an activating group) is 1. The number of nitrogens with zero attached hydrogens (tertiary/aromatic N) is 1. The van der Waals surface area contributed by atoms with Crippen LogP contribution in [0.25, 0.3) is 0 Å². The summed E-state index contributed by atoms with van der Waals surface area (Å²) < 4.78 is 0. The summed E-state index contributed by atoms with van der Waals surface area (Å²) in [7, 11) is 1.71. The summed E-state index contributed by atoms with van der Waals surface area (Å²) >= 11 is 0. The van der Waals surface area contributed by atoms with Crippen LogP contribution in [0.5, 0.6) is 0 Å². The lowest BCUT2D eigenvalue weighted by atomic mass is 10.0. The van der Waals surface area contributed by atoms with Crippen molar-refractivity contribution in [1.29, 1.82) is 0 Å². The van der Waals surface area contributed by atoms with E-state index in [-0.39, 0.29) is 17.7 Å². The molecule has 2 N–H and O–H groups in total. The summed E-state index contributed by atoms with van der Waals surface area (Å²) in [5.74, 6) is -1.74. The molecule has 0 aromatic carbocycles. The first-order valence-electron chi connectivity index (χ1n) is 6.27. The minimum atomic E-state index is -0.832. The summed E-state index contributed by atoms with van der Waals surface area (Å²) in [6, 6.07) is -0.425. The number of hydrogen-bond acceptors (Lipinski definition) is 3. The van der Waals surface area contributed by atoms with E-state index in [1.165, 1.54) is 0 Å². The smallest absolute Gasteiger partial charge is 0.306 e. The van der Waals surface area contributed by atoms with E-state index < -0.39 is 17.9 Å². The van der Waals surface area contributed by atoms with Gasteiger partial charge < -0.3 is 15.3 Å². The van der Waals surface area contributed by atoms with Gasteiger partial charge in [0.2, 0.25) is 11.8 Å². The fourth-order valence-electron chi connectivity index (χ4n) is 2.69. The second-order valence-electron chi connectivity index (χ2n) is 5.15. The molecule has 2 fully saturated rings. The van der Waals surface area contributed by atoms with Crippen molar-refractivity contribution in [2.75, 3.05) is 13.6 Å². The zero-order valence-electron chi connectivity index (χ0n) is 10.4.